The molecule has 4 fully saturated rings. The molecule has 2 heterocycles. The van der Waals surface area contributed by atoms with Gasteiger partial charge in [-0.3, -0.25) is 4.79 Å². The molecule has 7 nitrogen and oxygen atoms in total. The summed E-state index contributed by atoms with van der Waals surface area (Å²) in [5.41, 5.74) is -0.704. The summed E-state index contributed by atoms with van der Waals surface area (Å²) in [5, 5.41) is 11.1. The van der Waals surface area contributed by atoms with E-state index < -0.39 is 58.7 Å². The third kappa shape index (κ3) is 2.32. The molecule has 0 aromatic carbocycles. The minimum atomic E-state index is -1.14. The maximum Gasteiger partial charge on any atom is 0.509 e. The molecule has 5 aliphatic rings. The van der Waals surface area contributed by atoms with Gasteiger partial charge in [-0.25, -0.2) is 4.79 Å². The number of ether oxygens (including phenoxy) is 4. The molecule has 0 aromatic rings. The molecule has 2 aliphatic heterocycles. The van der Waals surface area contributed by atoms with Crippen molar-refractivity contribution in [3.8, 4) is 0 Å². The summed E-state index contributed by atoms with van der Waals surface area (Å²) >= 11 is 0. The lowest BCUT2D eigenvalue weighted by atomic mass is 9.48. The highest BCUT2D eigenvalue weighted by atomic mass is 16.8. The van der Waals surface area contributed by atoms with Crippen LogP contribution in [0.5, 0.6) is 0 Å². The van der Waals surface area contributed by atoms with E-state index in [1.807, 2.05) is 34.6 Å². The van der Waals surface area contributed by atoms with E-state index in [4.69, 9.17) is 18.9 Å². The van der Waals surface area contributed by atoms with Crippen LogP contribution in [-0.2, 0) is 23.7 Å². The highest BCUT2D eigenvalue weighted by molar-refractivity contribution is 5.84. The second-order valence-corrected chi connectivity index (χ2v) is 11.0. The lowest BCUT2D eigenvalue weighted by Gasteiger charge is -2.59. The predicted octanol–water partition coefficient (Wildman–Crippen LogP) is 3.28. The average Bonchev–Trinajstić information content (AvgIpc) is 3.10. The molecule has 2 saturated carbocycles. The maximum absolute atomic E-state index is 13.4. The fourth-order valence-electron chi connectivity index (χ4n) is 7.19. The standard InChI is InChI=1S/C23H32O7/c1-11-13(25)10-23-17(27-19(26)30-23)15-12(24)8-7-9-22(15,6)18-16(14(11)20(23,2)3)28-21(4,5)29-18/h13,15-18,25H,7-10H2,1-6H3/t13-,15+,16-,17+,18+,22-,23-/m1/s1. The van der Waals surface area contributed by atoms with Crippen LogP contribution in [0.4, 0.5) is 4.79 Å². The summed E-state index contributed by atoms with van der Waals surface area (Å²) in [7, 11) is 0. The van der Waals surface area contributed by atoms with Gasteiger partial charge in [0.05, 0.1) is 18.1 Å². The Bertz CT molecular complexity index is 858. The van der Waals surface area contributed by atoms with Crippen molar-refractivity contribution in [2.45, 2.75) is 103 Å². The van der Waals surface area contributed by atoms with Gasteiger partial charge in [-0.05, 0) is 44.8 Å². The molecule has 3 aliphatic carbocycles. The average molecular weight is 421 g/mol. The van der Waals surface area contributed by atoms with Gasteiger partial charge in [0.2, 0.25) is 0 Å². The molecule has 166 valence electrons. The van der Waals surface area contributed by atoms with Crippen molar-refractivity contribution in [2.24, 2.45) is 16.7 Å². The summed E-state index contributed by atoms with van der Waals surface area (Å²) in [6.45, 7) is 11.8. The third-order valence-corrected chi connectivity index (χ3v) is 8.63. The molecular formula is C23H32O7. The SMILES string of the molecule is CC1=C2[C@H]3OC(C)(C)O[C@@H]3[C@]3(C)CCCC(=O)[C@H]3[C@@H]3OC(=O)O[C@@]3(C[C@H]1O)C2(C)C. The molecule has 0 radical (unpaired) electrons. The Morgan fingerprint density at radius 3 is 2.43 bits per heavy atom. The summed E-state index contributed by atoms with van der Waals surface area (Å²) in [4.78, 5) is 25.9. The zero-order chi connectivity index (χ0) is 21.9. The maximum atomic E-state index is 13.4. The van der Waals surface area contributed by atoms with Crippen molar-refractivity contribution in [3.63, 3.8) is 0 Å². The smallest absolute Gasteiger partial charge is 0.426 e. The lowest BCUT2D eigenvalue weighted by molar-refractivity contribution is -0.184. The Kier molecular flexibility index (Phi) is 4.00. The van der Waals surface area contributed by atoms with Gasteiger partial charge in [-0.15, -0.1) is 0 Å². The molecule has 2 saturated heterocycles. The van der Waals surface area contributed by atoms with E-state index in [0.717, 1.165) is 24.0 Å². The first-order valence-electron chi connectivity index (χ1n) is 11.0. The highest BCUT2D eigenvalue weighted by Crippen LogP contribution is 2.65. The van der Waals surface area contributed by atoms with Crippen LogP contribution in [0.3, 0.4) is 0 Å². The number of carbonyl (C=O) groups excluding carboxylic acids is 2. The van der Waals surface area contributed by atoms with E-state index in [-0.39, 0.29) is 12.2 Å². The van der Waals surface area contributed by atoms with Crippen molar-refractivity contribution in [1.29, 1.82) is 0 Å². The first-order chi connectivity index (χ1) is 13.8. The Balaban J connectivity index is 1.83. The number of ketones is 1. The number of aliphatic hydroxyl groups excluding tert-OH is 1. The summed E-state index contributed by atoms with van der Waals surface area (Å²) < 4.78 is 24.7. The van der Waals surface area contributed by atoms with Gasteiger partial charge in [-0.2, -0.15) is 0 Å². The Morgan fingerprint density at radius 2 is 1.73 bits per heavy atom. The third-order valence-electron chi connectivity index (χ3n) is 8.63. The van der Waals surface area contributed by atoms with E-state index in [1.165, 1.54) is 0 Å². The first-order valence-corrected chi connectivity index (χ1v) is 11.0. The van der Waals surface area contributed by atoms with Gasteiger partial charge >= 0.3 is 6.16 Å². The van der Waals surface area contributed by atoms with E-state index in [9.17, 15) is 14.7 Å². The van der Waals surface area contributed by atoms with Gasteiger partial charge in [0.1, 0.15) is 11.9 Å². The predicted molar refractivity (Wildman–Crippen MR) is 105 cm³/mol. The number of carbonyl (C=O) groups is 2. The van der Waals surface area contributed by atoms with Gasteiger partial charge in [-0.1, -0.05) is 20.8 Å². The van der Waals surface area contributed by atoms with Crippen molar-refractivity contribution in [3.05, 3.63) is 11.1 Å². The second-order valence-electron chi connectivity index (χ2n) is 11.0. The quantitative estimate of drug-likeness (QED) is 0.475. The highest BCUT2D eigenvalue weighted by Gasteiger charge is 2.74. The summed E-state index contributed by atoms with van der Waals surface area (Å²) in [6.07, 6.45) is -1.03. The molecular weight excluding hydrogens is 388 g/mol. The molecule has 0 aromatic heterocycles. The minimum absolute atomic E-state index is 0.0681. The van der Waals surface area contributed by atoms with E-state index in [0.29, 0.717) is 6.42 Å². The topological polar surface area (TPSA) is 91.3 Å². The monoisotopic (exact) mass is 420 g/mol. The fourth-order valence-corrected chi connectivity index (χ4v) is 7.19. The second kappa shape index (κ2) is 5.87. The van der Waals surface area contributed by atoms with Crippen LogP contribution in [0.25, 0.3) is 0 Å². The number of hydrogen-bond donors (Lipinski definition) is 1. The Labute approximate surface area is 177 Å². The van der Waals surface area contributed by atoms with Crippen LogP contribution in [0, 0.1) is 16.7 Å². The van der Waals surface area contributed by atoms with Crippen LogP contribution >= 0.6 is 0 Å². The molecule has 0 amide bonds. The van der Waals surface area contributed by atoms with Crippen LogP contribution in [0.15, 0.2) is 11.1 Å². The number of Topliss-reactive ketones (excluding diaryl/α,β-unsaturated/α-hetero) is 1. The number of rotatable bonds is 0. The molecule has 0 unspecified atom stereocenters. The largest absolute Gasteiger partial charge is 0.509 e. The zero-order valence-corrected chi connectivity index (χ0v) is 18.6. The van der Waals surface area contributed by atoms with Crippen LogP contribution in [0.2, 0.25) is 0 Å². The van der Waals surface area contributed by atoms with Gasteiger partial charge in [0, 0.05) is 23.7 Å². The zero-order valence-electron chi connectivity index (χ0n) is 18.6. The minimum Gasteiger partial charge on any atom is -0.426 e. The number of hydrogen-bond acceptors (Lipinski definition) is 7. The molecule has 1 spiro atoms. The molecule has 2 bridgehead atoms. The van der Waals surface area contributed by atoms with Crippen molar-refractivity contribution in [1.82, 2.24) is 0 Å². The van der Waals surface area contributed by atoms with Crippen LogP contribution in [0.1, 0.15) is 67.2 Å². The van der Waals surface area contributed by atoms with Crippen LogP contribution in [-0.4, -0.2) is 52.8 Å². The molecule has 30 heavy (non-hydrogen) atoms. The van der Waals surface area contributed by atoms with Crippen molar-refractivity contribution < 1.29 is 33.6 Å². The number of aliphatic hydroxyl groups is 1. The normalized spacial score (nSPS) is 48.7. The Morgan fingerprint density at radius 1 is 1.03 bits per heavy atom. The molecule has 7 atom stereocenters. The van der Waals surface area contributed by atoms with E-state index >= 15 is 0 Å². The van der Waals surface area contributed by atoms with E-state index in [2.05, 4.69) is 6.92 Å². The van der Waals surface area contributed by atoms with Crippen molar-refractivity contribution in [2.75, 3.05) is 0 Å². The number of fused-ring (bicyclic) bond motifs is 6. The lowest BCUT2D eigenvalue weighted by Crippen LogP contribution is -2.68. The first kappa shape index (κ1) is 20.5. The van der Waals surface area contributed by atoms with Gasteiger partial charge in [0.15, 0.2) is 17.5 Å². The van der Waals surface area contributed by atoms with E-state index in [1.54, 1.807) is 0 Å². The fraction of sp³-hybridized carbons (Fsp3) is 0.826. The van der Waals surface area contributed by atoms with Crippen LogP contribution < -0.4 is 0 Å². The molecule has 5 rings (SSSR count). The Hall–Kier alpha value is -1.44. The molecule has 7 heteroatoms. The van der Waals surface area contributed by atoms with Crippen molar-refractivity contribution >= 4 is 11.9 Å². The molecule has 1 N–H and O–H groups in total. The van der Waals surface area contributed by atoms with Gasteiger partial charge in [0.25, 0.3) is 0 Å². The summed E-state index contributed by atoms with van der Waals surface area (Å²) in [5.74, 6) is -1.34. The van der Waals surface area contributed by atoms with Gasteiger partial charge < -0.3 is 24.1 Å². The summed E-state index contributed by atoms with van der Waals surface area (Å²) in [6, 6.07) is 0.